The van der Waals surface area contributed by atoms with Crippen LogP contribution in [0.2, 0.25) is 0 Å². The van der Waals surface area contributed by atoms with Crippen molar-refractivity contribution in [3.05, 3.63) is 0 Å². The molecule has 0 aromatic carbocycles. The third-order valence-electron chi connectivity index (χ3n) is 3.55. The highest BCUT2D eigenvalue weighted by atomic mass is 127. The molecule has 0 radical (unpaired) electrons. The van der Waals surface area contributed by atoms with E-state index < -0.39 is 10.0 Å². The first-order valence-electron chi connectivity index (χ1n) is 7.40. The van der Waals surface area contributed by atoms with Crippen molar-refractivity contribution in [2.75, 3.05) is 25.9 Å². The molecule has 0 aromatic rings. The molecule has 2 atom stereocenters. The van der Waals surface area contributed by atoms with Crippen molar-refractivity contribution in [2.24, 2.45) is 4.99 Å². The van der Waals surface area contributed by atoms with Gasteiger partial charge in [0.25, 0.3) is 0 Å². The van der Waals surface area contributed by atoms with Crippen molar-refractivity contribution < 1.29 is 8.42 Å². The van der Waals surface area contributed by atoms with Crippen molar-refractivity contribution in [2.45, 2.75) is 52.1 Å². The molecular weight excluding hydrogens is 403 g/mol. The fourth-order valence-corrected chi connectivity index (χ4v) is 3.45. The van der Waals surface area contributed by atoms with Crippen LogP contribution in [0, 0.1) is 0 Å². The van der Waals surface area contributed by atoms with E-state index in [1.165, 1.54) is 6.26 Å². The molecule has 1 saturated heterocycles. The Kier molecular flexibility index (Phi) is 9.79. The van der Waals surface area contributed by atoms with Gasteiger partial charge in [0.2, 0.25) is 10.0 Å². The maximum Gasteiger partial charge on any atom is 0.211 e. The molecule has 2 N–H and O–H groups in total. The second kappa shape index (κ2) is 9.83. The van der Waals surface area contributed by atoms with Crippen LogP contribution in [0.15, 0.2) is 4.99 Å². The molecular formula is C13H29IN4O2S. The standard InChI is InChI=1S/C13H28N4O2S.HI/c1-5-11(3)16-13(14-6-2)15-10-12-8-7-9-17(12)20(4,18)19;/h11-12H,5-10H2,1-4H3,(H2,14,15,16);1H/t11?,12-;/m1./s1. The number of aliphatic imine (C=N–C) groups is 1. The van der Waals surface area contributed by atoms with Gasteiger partial charge in [0.05, 0.1) is 12.8 Å². The molecule has 1 heterocycles. The number of guanidine groups is 1. The highest BCUT2D eigenvalue weighted by Crippen LogP contribution is 2.20. The summed E-state index contributed by atoms with van der Waals surface area (Å²) in [6, 6.07) is 0.347. The summed E-state index contributed by atoms with van der Waals surface area (Å²) in [5, 5.41) is 6.51. The zero-order valence-corrected chi connectivity index (χ0v) is 16.6. The Morgan fingerprint density at radius 3 is 2.62 bits per heavy atom. The van der Waals surface area contributed by atoms with Gasteiger partial charge in [-0.3, -0.25) is 4.99 Å². The number of hydrogen-bond donors (Lipinski definition) is 2. The molecule has 0 aromatic heterocycles. The molecule has 1 fully saturated rings. The molecule has 8 heteroatoms. The Bertz CT molecular complexity index is 428. The lowest BCUT2D eigenvalue weighted by Crippen LogP contribution is -2.43. The predicted molar refractivity (Wildman–Crippen MR) is 98.9 cm³/mol. The second-order valence-corrected chi connectivity index (χ2v) is 7.28. The number of nitrogens with one attached hydrogen (secondary N) is 2. The van der Waals surface area contributed by atoms with Crippen LogP contribution in [0.3, 0.4) is 0 Å². The summed E-state index contributed by atoms with van der Waals surface area (Å²) in [6.45, 7) is 8.16. The predicted octanol–water partition coefficient (Wildman–Crippen LogP) is 1.38. The van der Waals surface area contributed by atoms with Gasteiger partial charge < -0.3 is 10.6 Å². The van der Waals surface area contributed by atoms with Crippen LogP contribution in [0.4, 0.5) is 0 Å². The van der Waals surface area contributed by atoms with Crippen molar-refractivity contribution in [1.29, 1.82) is 0 Å². The Morgan fingerprint density at radius 2 is 2.10 bits per heavy atom. The Morgan fingerprint density at radius 1 is 1.43 bits per heavy atom. The molecule has 126 valence electrons. The normalized spacial score (nSPS) is 21.7. The molecule has 6 nitrogen and oxygen atoms in total. The van der Waals surface area contributed by atoms with Gasteiger partial charge >= 0.3 is 0 Å². The summed E-state index contributed by atoms with van der Waals surface area (Å²) in [4.78, 5) is 4.54. The SMILES string of the molecule is CCNC(=NC[C@H]1CCCN1S(C)(=O)=O)NC(C)CC.I. The van der Waals surface area contributed by atoms with Crippen molar-refractivity contribution in [3.8, 4) is 0 Å². The number of halogens is 1. The van der Waals surface area contributed by atoms with E-state index in [4.69, 9.17) is 0 Å². The quantitative estimate of drug-likeness (QED) is 0.378. The summed E-state index contributed by atoms with van der Waals surface area (Å²) in [5.74, 6) is 0.766. The first-order chi connectivity index (χ1) is 9.38. The third kappa shape index (κ3) is 7.14. The van der Waals surface area contributed by atoms with Gasteiger partial charge in [0.1, 0.15) is 0 Å². The van der Waals surface area contributed by atoms with Gasteiger partial charge in [0, 0.05) is 25.2 Å². The summed E-state index contributed by atoms with van der Waals surface area (Å²) < 4.78 is 24.9. The Hall–Kier alpha value is -0.0900. The monoisotopic (exact) mass is 432 g/mol. The zero-order chi connectivity index (χ0) is 15.2. The van der Waals surface area contributed by atoms with Crippen LogP contribution in [0.1, 0.15) is 40.0 Å². The first kappa shape index (κ1) is 20.9. The molecule has 0 amide bonds. The van der Waals surface area contributed by atoms with E-state index in [9.17, 15) is 8.42 Å². The smallest absolute Gasteiger partial charge is 0.211 e. The van der Waals surface area contributed by atoms with Crippen LogP contribution in [0.25, 0.3) is 0 Å². The van der Waals surface area contributed by atoms with Crippen molar-refractivity contribution in [1.82, 2.24) is 14.9 Å². The van der Waals surface area contributed by atoms with Gasteiger partial charge in [-0.25, -0.2) is 8.42 Å². The molecule has 0 saturated carbocycles. The van der Waals surface area contributed by atoms with Crippen LogP contribution < -0.4 is 10.6 Å². The molecule has 1 rings (SSSR count). The largest absolute Gasteiger partial charge is 0.357 e. The minimum absolute atomic E-state index is 0. The topological polar surface area (TPSA) is 73.8 Å². The lowest BCUT2D eigenvalue weighted by molar-refractivity contribution is 0.396. The van der Waals surface area contributed by atoms with Gasteiger partial charge in [-0.2, -0.15) is 4.31 Å². The Balaban J connectivity index is 0.00000400. The van der Waals surface area contributed by atoms with E-state index in [2.05, 4.69) is 29.5 Å². The molecule has 0 aliphatic carbocycles. The number of sulfonamides is 1. The maximum atomic E-state index is 11.7. The molecule has 0 spiro atoms. The van der Waals surface area contributed by atoms with Crippen LogP contribution in [-0.2, 0) is 10.0 Å². The highest BCUT2D eigenvalue weighted by molar-refractivity contribution is 14.0. The van der Waals surface area contributed by atoms with Crippen LogP contribution in [-0.4, -0.2) is 56.7 Å². The summed E-state index contributed by atoms with van der Waals surface area (Å²) in [5.41, 5.74) is 0. The van der Waals surface area contributed by atoms with E-state index in [0.717, 1.165) is 31.8 Å². The van der Waals surface area contributed by atoms with Gasteiger partial charge in [0.15, 0.2) is 5.96 Å². The summed E-state index contributed by atoms with van der Waals surface area (Å²) >= 11 is 0. The van der Waals surface area contributed by atoms with Gasteiger partial charge in [-0.05, 0) is 33.1 Å². The molecule has 0 bridgehead atoms. The molecule has 21 heavy (non-hydrogen) atoms. The van der Waals surface area contributed by atoms with Crippen molar-refractivity contribution >= 4 is 40.0 Å². The van der Waals surface area contributed by atoms with Crippen LogP contribution >= 0.6 is 24.0 Å². The van der Waals surface area contributed by atoms with E-state index >= 15 is 0 Å². The summed E-state index contributed by atoms with van der Waals surface area (Å²) in [7, 11) is -3.12. The lowest BCUT2D eigenvalue weighted by Gasteiger charge is -2.22. The third-order valence-corrected chi connectivity index (χ3v) is 4.88. The maximum absolute atomic E-state index is 11.7. The zero-order valence-electron chi connectivity index (χ0n) is 13.4. The fraction of sp³-hybridized carbons (Fsp3) is 0.923. The van der Waals surface area contributed by atoms with E-state index in [0.29, 0.717) is 19.1 Å². The molecule has 1 aliphatic heterocycles. The average Bonchev–Trinajstić information content (AvgIpc) is 2.84. The highest BCUT2D eigenvalue weighted by Gasteiger charge is 2.31. The van der Waals surface area contributed by atoms with Gasteiger partial charge in [-0.15, -0.1) is 24.0 Å². The van der Waals surface area contributed by atoms with Crippen LogP contribution in [0.5, 0.6) is 0 Å². The summed E-state index contributed by atoms with van der Waals surface area (Å²) in [6.07, 6.45) is 4.10. The average molecular weight is 432 g/mol. The number of nitrogens with zero attached hydrogens (tertiary/aromatic N) is 2. The lowest BCUT2D eigenvalue weighted by atomic mass is 10.2. The van der Waals surface area contributed by atoms with E-state index in [1.807, 2.05) is 6.92 Å². The minimum atomic E-state index is -3.12. The van der Waals surface area contributed by atoms with Gasteiger partial charge in [-0.1, -0.05) is 6.92 Å². The molecule has 1 unspecified atom stereocenters. The fourth-order valence-electron chi connectivity index (χ4n) is 2.28. The number of rotatable bonds is 6. The van der Waals surface area contributed by atoms with E-state index in [-0.39, 0.29) is 30.0 Å². The first-order valence-corrected chi connectivity index (χ1v) is 9.25. The molecule has 1 aliphatic rings. The number of hydrogen-bond acceptors (Lipinski definition) is 3. The Labute approximate surface area is 146 Å². The van der Waals surface area contributed by atoms with Crippen molar-refractivity contribution in [3.63, 3.8) is 0 Å². The van der Waals surface area contributed by atoms with E-state index in [1.54, 1.807) is 4.31 Å². The minimum Gasteiger partial charge on any atom is -0.357 e. The second-order valence-electron chi connectivity index (χ2n) is 5.34.